The molecular weight excluding hydrogens is 368 g/mol. The first kappa shape index (κ1) is 16.7. The third-order valence-electron chi connectivity index (χ3n) is 3.36. The van der Waals surface area contributed by atoms with Gasteiger partial charge in [-0.3, -0.25) is 4.79 Å². The molecule has 116 valence electrons. The Morgan fingerprint density at radius 3 is 2.50 bits per heavy atom. The molecule has 0 unspecified atom stereocenters. The summed E-state index contributed by atoms with van der Waals surface area (Å²) in [5.41, 5.74) is 2.88. The van der Waals surface area contributed by atoms with Gasteiger partial charge >= 0.3 is 0 Å². The average molecular weight is 383 g/mol. The number of aryl methyl sites for hydroxylation is 1. The molecule has 0 heterocycles. The first-order valence-electron chi connectivity index (χ1n) is 6.40. The van der Waals surface area contributed by atoms with Crippen molar-refractivity contribution in [3.8, 4) is 0 Å². The van der Waals surface area contributed by atoms with E-state index in [2.05, 4.69) is 21.2 Å². The largest absolute Gasteiger partial charge is 0.322 e. The van der Waals surface area contributed by atoms with Crippen molar-refractivity contribution in [2.75, 3.05) is 5.32 Å². The lowest BCUT2D eigenvalue weighted by molar-refractivity contribution is 0.102. The molecule has 7 heteroatoms. The molecule has 0 fully saturated rings. The smallest absolute Gasteiger partial charge is 0.256 e. The number of nitrogens with one attached hydrogen (secondary N) is 1. The van der Waals surface area contributed by atoms with Crippen LogP contribution in [0.5, 0.6) is 0 Å². The summed E-state index contributed by atoms with van der Waals surface area (Å²) < 4.78 is 23.3. The highest BCUT2D eigenvalue weighted by molar-refractivity contribution is 9.10. The number of nitrogens with two attached hydrogens (primary N) is 1. The topological polar surface area (TPSA) is 89.3 Å². The van der Waals surface area contributed by atoms with Gasteiger partial charge < -0.3 is 5.32 Å². The maximum atomic E-state index is 12.4. The van der Waals surface area contributed by atoms with E-state index in [4.69, 9.17) is 5.14 Å². The zero-order valence-electron chi connectivity index (χ0n) is 12.1. The molecule has 0 aliphatic carbocycles. The predicted molar refractivity (Wildman–Crippen MR) is 89.4 cm³/mol. The minimum atomic E-state index is -3.86. The van der Waals surface area contributed by atoms with E-state index in [0.29, 0.717) is 10.2 Å². The number of carbonyl (C=O) groups excluding carboxylic acids is 1. The molecule has 0 radical (unpaired) electrons. The van der Waals surface area contributed by atoms with Crippen LogP contribution in [0.25, 0.3) is 0 Å². The maximum Gasteiger partial charge on any atom is 0.256 e. The van der Waals surface area contributed by atoms with Crippen molar-refractivity contribution in [3.05, 3.63) is 57.6 Å². The Bertz CT molecular complexity index is 848. The van der Waals surface area contributed by atoms with E-state index in [1.165, 1.54) is 18.2 Å². The van der Waals surface area contributed by atoms with Crippen LogP contribution in [0.15, 0.2) is 45.8 Å². The first-order chi connectivity index (χ1) is 10.2. The fraction of sp³-hybridized carbons (Fsp3) is 0.133. The van der Waals surface area contributed by atoms with Crippen LogP contribution < -0.4 is 10.5 Å². The number of primary sulfonamides is 1. The van der Waals surface area contributed by atoms with Gasteiger partial charge in [-0.15, -0.1) is 0 Å². The van der Waals surface area contributed by atoms with Crippen LogP contribution >= 0.6 is 15.9 Å². The van der Waals surface area contributed by atoms with Gasteiger partial charge in [0.2, 0.25) is 10.0 Å². The van der Waals surface area contributed by atoms with Crippen molar-refractivity contribution < 1.29 is 13.2 Å². The number of carbonyl (C=O) groups is 1. The minimum Gasteiger partial charge on any atom is -0.322 e. The Kier molecular flexibility index (Phi) is 4.69. The number of rotatable bonds is 3. The minimum absolute atomic E-state index is 0.109. The molecule has 3 N–H and O–H groups in total. The molecule has 2 aromatic carbocycles. The highest BCUT2D eigenvalue weighted by atomic mass is 79.9. The third-order valence-corrected chi connectivity index (χ3v) is 4.97. The number of hydrogen-bond acceptors (Lipinski definition) is 3. The Morgan fingerprint density at radius 2 is 1.86 bits per heavy atom. The van der Waals surface area contributed by atoms with Crippen LogP contribution in [-0.2, 0) is 10.0 Å². The monoisotopic (exact) mass is 382 g/mol. The fourth-order valence-corrected chi connectivity index (χ4v) is 2.90. The number of anilines is 1. The second kappa shape index (κ2) is 6.20. The second-order valence-corrected chi connectivity index (χ2v) is 7.30. The molecule has 0 atom stereocenters. The molecule has 0 aliphatic heterocycles. The summed E-state index contributed by atoms with van der Waals surface area (Å²) in [6.45, 7) is 3.85. The lowest BCUT2D eigenvalue weighted by Gasteiger charge is -2.12. The van der Waals surface area contributed by atoms with Crippen LogP contribution in [0.1, 0.15) is 21.5 Å². The average Bonchev–Trinajstić information content (AvgIpc) is 2.43. The SMILES string of the molecule is Cc1cccc(NC(=O)c2cc(S(N)(=O)=O)ccc2Br)c1C. The number of halogens is 1. The van der Waals surface area contributed by atoms with E-state index in [-0.39, 0.29) is 10.5 Å². The van der Waals surface area contributed by atoms with Crippen LogP contribution in [0.4, 0.5) is 5.69 Å². The van der Waals surface area contributed by atoms with Crippen LogP contribution in [0.3, 0.4) is 0 Å². The Balaban J connectivity index is 2.40. The highest BCUT2D eigenvalue weighted by Gasteiger charge is 2.16. The van der Waals surface area contributed by atoms with Gasteiger partial charge in [0.05, 0.1) is 10.5 Å². The molecule has 0 bridgehead atoms. The molecule has 5 nitrogen and oxygen atoms in total. The molecular formula is C15H15BrN2O3S. The van der Waals surface area contributed by atoms with Gasteiger partial charge in [0.1, 0.15) is 0 Å². The highest BCUT2D eigenvalue weighted by Crippen LogP contribution is 2.23. The van der Waals surface area contributed by atoms with Crippen molar-refractivity contribution in [1.82, 2.24) is 0 Å². The molecule has 2 rings (SSSR count). The third kappa shape index (κ3) is 3.55. The zero-order chi connectivity index (χ0) is 16.5. The Hall–Kier alpha value is -1.70. The summed E-state index contributed by atoms with van der Waals surface area (Å²) in [4.78, 5) is 12.3. The van der Waals surface area contributed by atoms with Gasteiger partial charge in [-0.2, -0.15) is 0 Å². The van der Waals surface area contributed by atoms with Crippen LogP contribution in [-0.4, -0.2) is 14.3 Å². The van der Waals surface area contributed by atoms with Gasteiger partial charge in [-0.1, -0.05) is 12.1 Å². The van der Waals surface area contributed by atoms with E-state index in [1.54, 1.807) is 6.07 Å². The van der Waals surface area contributed by atoms with Crippen LogP contribution in [0.2, 0.25) is 0 Å². The number of sulfonamides is 1. The zero-order valence-corrected chi connectivity index (χ0v) is 14.5. The van der Waals surface area contributed by atoms with Gasteiger partial charge in [-0.05, 0) is 65.2 Å². The molecule has 0 aromatic heterocycles. The predicted octanol–water partition coefficient (Wildman–Crippen LogP) is 2.97. The normalized spacial score (nSPS) is 11.3. The van der Waals surface area contributed by atoms with Crippen molar-refractivity contribution >= 4 is 37.5 Å². The second-order valence-electron chi connectivity index (χ2n) is 4.89. The van der Waals surface area contributed by atoms with E-state index < -0.39 is 15.9 Å². The lowest BCUT2D eigenvalue weighted by Crippen LogP contribution is -2.17. The van der Waals surface area contributed by atoms with Gasteiger partial charge in [0, 0.05) is 10.2 Å². The summed E-state index contributed by atoms with van der Waals surface area (Å²) in [6, 6.07) is 9.65. The van der Waals surface area contributed by atoms with E-state index >= 15 is 0 Å². The molecule has 22 heavy (non-hydrogen) atoms. The quantitative estimate of drug-likeness (QED) is 0.854. The fourth-order valence-electron chi connectivity index (χ4n) is 1.93. The first-order valence-corrected chi connectivity index (χ1v) is 8.74. The molecule has 1 amide bonds. The molecule has 0 saturated heterocycles. The van der Waals surface area contributed by atoms with Gasteiger partial charge in [0.25, 0.3) is 5.91 Å². The van der Waals surface area contributed by atoms with Crippen molar-refractivity contribution in [2.45, 2.75) is 18.7 Å². The Labute approximate surface area is 137 Å². The van der Waals surface area contributed by atoms with Crippen molar-refractivity contribution in [2.24, 2.45) is 5.14 Å². The summed E-state index contributed by atoms with van der Waals surface area (Å²) in [7, 11) is -3.86. The molecule has 0 saturated carbocycles. The van der Waals surface area contributed by atoms with Gasteiger partial charge in [-0.25, -0.2) is 13.6 Å². The van der Waals surface area contributed by atoms with E-state index in [9.17, 15) is 13.2 Å². The standard InChI is InChI=1S/C15H15BrN2O3S/c1-9-4-3-5-14(10(9)2)18-15(19)12-8-11(22(17,20)21)6-7-13(12)16/h3-8H,1-2H3,(H,18,19)(H2,17,20,21). The summed E-state index contributed by atoms with van der Waals surface area (Å²) in [6.07, 6.45) is 0. The molecule has 0 spiro atoms. The lowest BCUT2D eigenvalue weighted by atomic mass is 10.1. The van der Waals surface area contributed by atoms with Crippen molar-refractivity contribution in [1.29, 1.82) is 0 Å². The van der Waals surface area contributed by atoms with Crippen molar-refractivity contribution in [3.63, 3.8) is 0 Å². The summed E-state index contributed by atoms with van der Waals surface area (Å²) >= 11 is 3.25. The molecule has 2 aromatic rings. The van der Waals surface area contributed by atoms with Crippen LogP contribution in [0, 0.1) is 13.8 Å². The van der Waals surface area contributed by atoms with E-state index in [1.807, 2.05) is 26.0 Å². The number of amides is 1. The van der Waals surface area contributed by atoms with Gasteiger partial charge in [0.15, 0.2) is 0 Å². The number of hydrogen-bond donors (Lipinski definition) is 2. The summed E-state index contributed by atoms with van der Waals surface area (Å²) in [5, 5.41) is 7.88. The maximum absolute atomic E-state index is 12.4. The molecule has 0 aliphatic rings. The number of benzene rings is 2. The summed E-state index contributed by atoms with van der Waals surface area (Å²) in [5.74, 6) is -0.411. The van der Waals surface area contributed by atoms with E-state index in [0.717, 1.165) is 11.1 Å². The Morgan fingerprint density at radius 1 is 1.18 bits per heavy atom.